The summed E-state index contributed by atoms with van der Waals surface area (Å²) in [6.07, 6.45) is 0. The molecule has 1 N–H and O–H groups in total. The highest BCUT2D eigenvalue weighted by Crippen LogP contribution is 2.10. The summed E-state index contributed by atoms with van der Waals surface area (Å²) in [5.74, 6) is 0.458. The minimum Gasteiger partial charge on any atom is -0.482 e. The third-order valence-corrected chi connectivity index (χ3v) is 1.46. The number of H-pyrrole nitrogens is 1. The van der Waals surface area contributed by atoms with Crippen molar-refractivity contribution in [3.05, 3.63) is 27.0 Å². The van der Waals surface area contributed by atoms with Gasteiger partial charge in [0.25, 0.3) is 5.56 Å². The van der Waals surface area contributed by atoms with Crippen molar-refractivity contribution >= 4 is 15.9 Å². The van der Waals surface area contributed by atoms with Gasteiger partial charge in [-0.1, -0.05) is 15.9 Å². The Morgan fingerprint density at radius 3 is 2.80 bits per heavy atom. The molecule has 0 fully saturated rings. The van der Waals surface area contributed by atoms with Crippen LogP contribution in [-0.2, 0) is 0 Å². The predicted molar refractivity (Wildman–Crippen MR) is 41.3 cm³/mol. The number of aromatic nitrogens is 1. The molecule has 0 saturated carbocycles. The van der Waals surface area contributed by atoms with Gasteiger partial charge < -0.3 is 4.74 Å². The second-order valence-electron chi connectivity index (χ2n) is 1.73. The Morgan fingerprint density at radius 1 is 1.60 bits per heavy atom. The molecule has 0 amide bonds. The third kappa shape index (κ3) is 1.60. The second kappa shape index (κ2) is 2.88. The maximum atomic E-state index is 10.7. The number of aromatic amines is 1. The first-order valence-electron chi connectivity index (χ1n) is 2.66. The quantitative estimate of drug-likeness (QED) is 0.745. The lowest BCUT2D eigenvalue weighted by atomic mass is 10.5. The van der Waals surface area contributed by atoms with Crippen LogP contribution in [0.15, 0.2) is 21.4 Å². The van der Waals surface area contributed by atoms with E-state index in [1.165, 1.54) is 13.2 Å². The Morgan fingerprint density at radius 2 is 2.30 bits per heavy atom. The molecule has 4 heteroatoms. The van der Waals surface area contributed by atoms with E-state index in [0.29, 0.717) is 10.4 Å². The van der Waals surface area contributed by atoms with Crippen LogP contribution in [0, 0.1) is 0 Å². The summed E-state index contributed by atoms with van der Waals surface area (Å²) in [6.45, 7) is 0. The van der Waals surface area contributed by atoms with Gasteiger partial charge in [-0.05, 0) is 0 Å². The summed E-state index contributed by atoms with van der Waals surface area (Å²) >= 11 is 3.15. The van der Waals surface area contributed by atoms with Gasteiger partial charge in [-0.3, -0.25) is 9.78 Å². The molecule has 0 aliphatic rings. The minimum absolute atomic E-state index is 0.175. The summed E-state index contributed by atoms with van der Waals surface area (Å²) < 4.78 is 5.51. The van der Waals surface area contributed by atoms with E-state index in [1.54, 1.807) is 6.07 Å². The normalized spacial score (nSPS) is 9.40. The topological polar surface area (TPSA) is 42.1 Å². The molecule has 54 valence electrons. The number of hydrogen-bond donors (Lipinski definition) is 1. The molecular formula is C6H6BrNO2. The van der Waals surface area contributed by atoms with Crippen molar-refractivity contribution in [2.45, 2.75) is 0 Å². The highest BCUT2D eigenvalue weighted by atomic mass is 79.9. The Hall–Kier alpha value is -0.770. The molecule has 10 heavy (non-hydrogen) atoms. The van der Waals surface area contributed by atoms with Crippen LogP contribution in [0.25, 0.3) is 0 Å². The maximum Gasteiger partial charge on any atom is 0.251 e. The largest absolute Gasteiger partial charge is 0.482 e. The van der Waals surface area contributed by atoms with Crippen molar-refractivity contribution in [1.82, 2.24) is 4.98 Å². The van der Waals surface area contributed by atoms with Crippen molar-refractivity contribution in [2.24, 2.45) is 0 Å². The van der Waals surface area contributed by atoms with E-state index in [0.717, 1.165) is 0 Å². The summed E-state index contributed by atoms with van der Waals surface area (Å²) in [7, 11) is 1.50. The predicted octanol–water partition coefficient (Wildman–Crippen LogP) is 1.15. The van der Waals surface area contributed by atoms with Crippen molar-refractivity contribution in [3.8, 4) is 5.88 Å². The number of rotatable bonds is 1. The van der Waals surface area contributed by atoms with Crippen LogP contribution in [0.5, 0.6) is 5.88 Å². The molecule has 0 unspecified atom stereocenters. The van der Waals surface area contributed by atoms with Gasteiger partial charge in [-0.2, -0.15) is 0 Å². The fraction of sp³-hybridized carbons (Fsp3) is 0.167. The lowest BCUT2D eigenvalue weighted by molar-refractivity contribution is 0.396. The molecule has 0 aliphatic carbocycles. The second-order valence-corrected chi connectivity index (χ2v) is 2.65. The lowest BCUT2D eigenvalue weighted by Gasteiger charge is -1.97. The molecule has 0 radical (unpaired) electrons. The average Bonchev–Trinajstić information content (AvgIpc) is 1.85. The van der Waals surface area contributed by atoms with Gasteiger partial charge >= 0.3 is 0 Å². The summed E-state index contributed by atoms with van der Waals surface area (Å²) in [5.41, 5.74) is -0.175. The van der Waals surface area contributed by atoms with Gasteiger partial charge in [-0.15, -0.1) is 0 Å². The van der Waals surface area contributed by atoms with Crippen LogP contribution in [-0.4, -0.2) is 12.1 Å². The number of nitrogens with one attached hydrogen (secondary N) is 1. The van der Waals surface area contributed by atoms with E-state index >= 15 is 0 Å². The van der Waals surface area contributed by atoms with Crippen molar-refractivity contribution in [2.75, 3.05) is 7.11 Å². The van der Waals surface area contributed by atoms with Gasteiger partial charge in [-0.25, -0.2) is 0 Å². The van der Waals surface area contributed by atoms with Gasteiger partial charge in [0.1, 0.15) is 0 Å². The maximum absolute atomic E-state index is 10.7. The van der Waals surface area contributed by atoms with Crippen LogP contribution >= 0.6 is 15.9 Å². The zero-order chi connectivity index (χ0) is 7.56. The zero-order valence-electron chi connectivity index (χ0n) is 5.35. The smallest absolute Gasteiger partial charge is 0.251 e. The molecule has 3 nitrogen and oxygen atoms in total. The van der Waals surface area contributed by atoms with Crippen LogP contribution < -0.4 is 10.3 Å². The molecule has 1 aromatic rings. The van der Waals surface area contributed by atoms with Gasteiger partial charge in [0, 0.05) is 16.6 Å². The number of halogens is 1. The van der Waals surface area contributed by atoms with E-state index in [2.05, 4.69) is 20.9 Å². The summed E-state index contributed by atoms with van der Waals surface area (Å²) in [5, 5.41) is 0. The van der Waals surface area contributed by atoms with E-state index in [4.69, 9.17) is 4.74 Å². The number of ether oxygens (including phenoxy) is 1. The first-order chi connectivity index (χ1) is 4.72. The molecule has 0 saturated heterocycles. The van der Waals surface area contributed by atoms with E-state index in [9.17, 15) is 4.79 Å². The highest BCUT2D eigenvalue weighted by Gasteiger charge is 1.93. The first kappa shape index (κ1) is 7.34. The number of hydrogen-bond acceptors (Lipinski definition) is 2. The Balaban J connectivity index is 3.19. The molecule has 0 atom stereocenters. The van der Waals surface area contributed by atoms with Gasteiger partial charge in [0.2, 0.25) is 0 Å². The molecule has 0 bridgehead atoms. The van der Waals surface area contributed by atoms with Gasteiger partial charge in [0.15, 0.2) is 5.88 Å². The average molecular weight is 204 g/mol. The number of methoxy groups -OCH3 is 1. The summed E-state index contributed by atoms with van der Waals surface area (Å²) in [6, 6.07) is 3.12. The van der Waals surface area contributed by atoms with Crippen LogP contribution in [0.4, 0.5) is 0 Å². The molecule has 0 spiro atoms. The fourth-order valence-electron chi connectivity index (χ4n) is 0.596. The van der Waals surface area contributed by atoms with E-state index in [1.807, 2.05) is 0 Å². The van der Waals surface area contributed by atoms with Crippen molar-refractivity contribution in [3.63, 3.8) is 0 Å². The van der Waals surface area contributed by atoms with Crippen LogP contribution in [0.1, 0.15) is 0 Å². The van der Waals surface area contributed by atoms with Gasteiger partial charge in [0.05, 0.1) is 7.11 Å². The van der Waals surface area contributed by atoms with Crippen molar-refractivity contribution < 1.29 is 4.74 Å². The summed E-state index contributed by atoms with van der Waals surface area (Å²) in [4.78, 5) is 13.2. The first-order valence-corrected chi connectivity index (χ1v) is 3.45. The molecule has 1 rings (SSSR count). The molecule has 0 aromatic carbocycles. The Kier molecular flexibility index (Phi) is 2.11. The molecule has 1 aromatic heterocycles. The highest BCUT2D eigenvalue weighted by molar-refractivity contribution is 9.10. The van der Waals surface area contributed by atoms with Crippen molar-refractivity contribution in [1.29, 1.82) is 0 Å². The lowest BCUT2D eigenvalue weighted by Crippen LogP contribution is -2.04. The standard InChI is InChI=1S/C6H6BrNO2/c1-10-6-3-4(7)2-5(9)8-6/h2-3H,1H3,(H,8,9). The Bertz CT molecular complexity index is 281. The Labute approximate surface area is 66.2 Å². The molecular weight excluding hydrogens is 198 g/mol. The number of pyridine rings is 1. The SMILES string of the molecule is COc1cc(Br)cc(=O)[nH]1. The third-order valence-electron chi connectivity index (χ3n) is 1.00. The minimum atomic E-state index is -0.175. The van der Waals surface area contributed by atoms with E-state index < -0.39 is 0 Å². The fourth-order valence-corrected chi connectivity index (χ4v) is 1.01. The molecule has 0 aliphatic heterocycles. The van der Waals surface area contributed by atoms with Crippen LogP contribution in [0.2, 0.25) is 0 Å². The zero-order valence-corrected chi connectivity index (χ0v) is 6.94. The van der Waals surface area contributed by atoms with E-state index in [-0.39, 0.29) is 5.56 Å². The monoisotopic (exact) mass is 203 g/mol. The van der Waals surface area contributed by atoms with Crippen LogP contribution in [0.3, 0.4) is 0 Å². The molecule has 1 heterocycles.